The van der Waals surface area contributed by atoms with Gasteiger partial charge in [-0.3, -0.25) is 0 Å². The summed E-state index contributed by atoms with van der Waals surface area (Å²) in [6, 6.07) is 20.5. The van der Waals surface area contributed by atoms with Crippen molar-refractivity contribution < 1.29 is 13.3 Å². The van der Waals surface area contributed by atoms with Crippen LogP contribution in [0.2, 0.25) is 0 Å². The summed E-state index contributed by atoms with van der Waals surface area (Å²) >= 11 is 0. The average molecular weight is 321 g/mol. The molecule has 2 rings (SSSR count). The molecule has 0 atom stereocenters. The molecule has 0 aromatic heterocycles. The summed E-state index contributed by atoms with van der Waals surface area (Å²) < 4.78 is 16.2. The normalized spacial score (nSPS) is 11.2. The van der Waals surface area contributed by atoms with Crippen molar-refractivity contribution >= 4 is 22.5 Å². The van der Waals surface area contributed by atoms with Crippen molar-refractivity contribution in [2.75, 3.05) is 21.3 Å². The Morgan fingerprint density at radius 1 is 0.714 bits per heavy atom. The molecule has 0 fully saturated rings. The van der Waals surface area contributed by atoms with Crippen LogP contribution in [-0.4, -0.2) is 38.7 Å². The van der Waals surface area contributed by atoms with Gasteiger partial charge in [-0.25, -0.2) is 0 Å². The maximum Gasteiger partial charge on any atom is 0.466 e. The first-order valence-electron chi connectivity index (χ1n) is 6.87. The van der Waals surface area contributed by atoms with E-state index in [9.17, 15) is 0 Å². The van der Waals surface area contributed by atoms with Crippen molar-refractivity contribution in [1.29, 1.82) is 0 Å². The minimum Gasteiger partial charge on any atom is -0.380 e. The van der Waals surface area contributed by atoms with E-state index in [0.29, 0.717) is 0 Å². The van der Waals surface area contributed by atoms with Crippen LogP contribution in [0.25, 0.3) is 0 Å². The van der Waals surface area contributed by atoms with Crippen molar-refractivity contribution in [3.8, 4) is 0 Å². The van der Waals surface area contributed by atoms with Gasteiger partial charge in [0.25, 0.3) is 0 Å². The standard InChI is InChI=1S/C9H16O3Si2.C7H8/c1-10-14(11-2,12-3)13-9-7-5-4-6-8-9;1-7-5-3-2-4-6-7/h4-8H,13H2,1-3H3;2-6H,1H3. The Balaban J connectivity index is 0.000000262. The summed E-state index contributed by atoms with van der Waals surface area (Å²) in [6.07, 6.45) is 0. The fraction of sp³-hybridized carbons (Fsp3) is 0.250. The Kier molecular flexibility index (Phi) is 8.18. The van der Waals surface area contributed by atoms with Gasteiger partial charge in [0.05, 0.1) is 0 Å². The van der Waals surface area contributed by atoms with Crippen LogP contribution in [0.3, 0.4) is 0 Å². The molecule has 2 aromatic carbocycles. The van der Waals surface area contributed by atoms with Crippen molar-refractivity contribution in [1.82, 2.24) is 0 Å². The van der Waals surface area contributed by atoms with Gasteiger partial charge in [0.2, 0.25) is 0 Å². The number of hydrogen-bond donors (Lipinski definition) is 0. The highest BCUT2D eigenvalue weighted by Gasteiger charge is 2.37. The smallest absolute Gasteiger partial charge is 0.380 e. The minimum atomic E-state index is -2.32. The molecular formula is C16H24O3Si2. The molecule has 21 heavy (non-hydrogen) atoms. The molecule has 3 nitrogen and oxygen atoms in total. The van der Waals surface area contributed by atoms with Gasteiger partial charge in [-0.05, 0) is 6.92 Å². The van der Waals surface area contributed by atoms with Crippen LogP contribution < -0.4 is 5.19 Å². The second-order valence-corrected chi connectivity index (χ2v) is 12.0. The molecule has 0 aliphatic carbocycles. The highest BCUT2D eigenvalue weighted by molar-refractivity contribution is 7.19. The van der Waals surface area contributed by atoms with Crippen molar-refractivity contribution in [2.45, 2.75) is 6.92 Å². The molecule has 0 bridgehead atoms. The van der Waals surface area contributed by atoms with Crippen molar-refractivity contribution in [3.05, 3.63) is 66.2 Å². The first-order chi connectivity index (χ1) is 10.2. The Morgan fingerprint density at radius 2 is 1.14 bits per heavy atom. The van der Waals surface area contributed by atoms with Crippen LogP contribution in [-0.2, 0) is 13.3 Å². The molecule has 2 aromatic rings. The van der Waals surface area contributed by atoms with Gasteiger partial charge in [0, 0.05) is 21.3 Å². The maximum absolute atomic E-state index is 5.40. The van der Waals surface area contributed by atoms with E-state index in [1.54, 1.807) is 21.3 Å². The van der Waals surface area contributed by atoms with Crippen molar-refractivity contribution in [2.24, 2.45) is 0 Å². The molecule has 0 aliphatic rings. The second-order valence-electron chi connectivity index (χ2n) is 4.61. The second kappa shape index (κ2) is 9.65. The van der Waals surface area contributed by atoms with E-state index in [2.05, 4.69) is 31.2 Å². The first kappa shape index (κ1) is 17.8. The van der Waals surface area contributed by atoms with Crippen LogP contribution in [0.4, 0.5) is 0 Å². The molecule has 0 aliphatic heterocycles. The van der Waals surface area contributed by atoms with Gasteiger partial charge in [-0.15, -0.1) is 0 Å². The Hall–Kier alpha value is -1.25. The SMILES string of the molecule is CO[Si](OC)(OC)[SiH2]c1ccccc1.Cc1ccccc1. The van der Waals surface area contributed by atoms with Gasteiger partial charge in [-0.1, -0.05) is 71.4 Å². The molecular weight excluding hydrogens is 296 g/mol. The number of benzene rings is 2. The molecule has 0 saturated carbocycles. The summed E-state index contributed by atoms with van der Waals surface area (Å²) in [7, 11) is 2.03. The lowest BCUT2D eigenvalue weighted by Crippen LogP contribution is -2.54. The fourth-order valence-electron chi connectivity index (χ4n) is 1.85. The van der Waals surface area contributed by atoms with Crippen LogP contribution in [0.5, 0.6) is 0 Å². The number of aryl methyl sites for hydroxylation is 1. The highest BCUT2D eigenvalue weighted by Crippen LogP contribution is 2.03. The summed E-state index contributed by atoms with van der Waals surface area (Å²) in [4.78, 5) is 0. The lowest BCUT2D eigenvalue weighted by molar-refractivity contribution is 0.149. The molecule has 0 saturated heterocycles. The Bertz CT molecular complexity index is 479. The van der Waals surface area contributed by atoms with Crippen LogP contribution >= 0.6 is 0 Å². The topological polar surface area (TPSA) is 27.7 Å². The van der Waals surface area contributed by atoms with E-state index < -0.39 is 17.4 Å². The number of hydrogen-bond acceptors (Lipinski definition) is 3. The van der Waals surface area contributed by atoms with E-state index in [1.165, 1.54) is 10.8 Å². The van der Waals surface area contributed by atoms with Gasteiger partial charge in [0.15, 0.2) is 9.04 Å². The van der Waals surface area contributed by atoms with Gasteiger partial charge in [-0.2, -0.15) is 0 Å². The number of rotatable bonds is 5. The van der Waals surface area contributed by atoms with Gasteiger partial charge >= 0.3 is 8.32 Å². The first-order valence-corrected chi connectivity index (χ1v) is 11.6. The molecule has 0 radical (unpaired) electrons. The van der Waals surface area contributed by atoms with Gasteiger partial charge < -0.3 is 13.3 Å². The van der Waals surface area contributed by atoms with Crippen molar-refractivity contribution in [3.63, 3.8) is 0 Å². The quantitative estimate of drug-likeness (QED) is 0.787. The lowest BCUT2D eigenvalue weighted by Gasteiger charge is -2.24. The predicted molar refractivity (Wildman–Crippen MR) is 92.6 cm³/mol. The van der Waals surface area contributed by atoms with Crippen LogP contribution in [0, 0.1) is 6.92 Å². The molecule has 0 heterocycles. The van der Waals surface area contributed by atoms with E-state index in [0.717, 1.165) is 0 Å². The van der Waals surface area contributed by atoms with Gasteiger partial charge in [0.1, 0.15) is 0 Å². The summed E-state index contributed by atoms with van der Waals surface area (Å²) in [5.41, 5.74) is 1.32. The molecule has 0 amide bonds. The maximum atomic E-state index is 5.40. The third kappa shape index (κ3) is 6.37. The van der Waals surface area contributed by atoms with Crippen LogP contribution in [0.15, 0.2) is 60.7 Å². The van der Waals surface area contributed by atoms with E-state index in [-0.39, 0.29) is 0 Å². The zero-order valence-electron chi connectivity index (χ0n) is 13.2. The summed E-state index contributed by atoms with van der Waals surface area (Å²) in [5.74, 6) is 0. The fourth-order valence-corrected chi connectivity index (χ4v) is 7.29. The van der Waals surface area contributed by atoms with E-state index in [4.69, 9.17) is 13.3 Å². The third-order valence-corrected chi connectivity index (χ3v) is 11.4. The zero-order valence-corrected chi connectivity index (χ0v) is 15.6. The summed E-state index contributed by atoms with van der Waals surface area (Å²) in [6.45, 7) is 2.08. The highest BCUT2D eigenvalue weighted by atomic mass is 29.2. The third-order valence-electron chi connectivity index (χ3n) is 3.14. The Morgan fingerprint density at radius 3 is 1.48 bits per heavy atom. The van der Waals surface area contributed by atoms with E-state index >= 15 is 0 Å². The largest absolute Gasteiger partial charge is 0.466 e. The zero-order chi connectivity index (χ0) is 15.6. The molecule has 0 N–H and O–H groups in total. The average Bonchev–Trinajstić information content (AvgIpc) is 2.55. The monoisotopic (exact) mass is 320 g/mol. The molecule has 0 spiro atoms. The minimum absolute atomic E-state index is 0.632. The predicted octanol–water partition coefficient (Wildman–Crippen LogP) is 1.85. The lowest BCUT2D eigenvalue weighted by atomic mass is 10.2. The summed E-state index contributed by atoms with van der Waals surface area (Å²) in [5, 5.41) is 1.31. The molecule has 114 valence electrons. The Labute approximate surface area is 130 Å². The van der Waals surface area contributed by atoms with Crippen LogP contribution in [0.1, 0.15) is 5.56 Å². The van der Waals surface area contributed by atoms with E-state index in [1.807, 2.05) is 36.4 Å². The molecule has 0 unspecified atom stereocenters. The molecule has 5 heteroatoms.